The Hall–Kier alpha value is -1.75. The van der Waals surface area contributed by atoms with E-state index in [1.54, 1.807) is 6.07 Å². The third-order valence-electron chi connectivity index (χ3n) is 2.94. The molecule has 0 unspecified atom stereocenters. The number of nitrogens with one attached hydrogen (secondary N) is 1. The Morgan fingerprint density at radius 1 is 1.00 bits per heavy atom. The third kappa shape index (κ3) is 4.36. The Kier molecular flexibility index (Phi) is 4.73. The van der Waals surface area contributed by atoms with Crippen molar-refractivity contribution in [3.8, 4) is 0 Å². The molecule has 6 heteroatoms. The first-order valence-corrected chi connectivity index (χ1v) is 6.59. The molecule has 0 amide bonds. The normalized spacial score (nSPS) is 11.5. The molecule has 0 aliphatic rings. The molecule has 2 aromatic rings. The van der Waals surface area contributed by atoms with Crippen LogP contribution in [-0.4, -0.2) is 6.54 Å². The van der Waals surface area contributed by atoms with Crippen LogP contribution in [-0.2, 0) is 12.6 Å². The molecule has 0 atom stereocenters. The molecular formula is C15H12ClF4N. The molecule has 1 N–H and O–H groups in total. The van der Waals surface area contributed by atoms with Crippen LogP contribution >= 0.6 is 11.6 Å². The van der Waals surface area contributed by atoms with Crippen molar-refractivity contribution in [2.75, 3.05) is 11.9 Å². The summed E-state index contributed by atoms with van der Waals surface area (Å²) in [6, 6.07) is 9.33. The van der Waals surface area contributed by atoms with E-state index in [1.807, 2.05) is 0 Å². The molecule has 0 saturated heterocycles. The quantitative estimate of drug-likeness (QED) is 0.769. The molecule has 0 aliphatic carbocycles. The molecule has 0 radical (unpaired) electrons. The fourth-order valence-corrected chi connectivity index (χ4v) is 1.94. The summed E-state index contributed by atoms with van der Waals surface area (Å²) in [6.45, 7) is 0.479. The van der Waals surface area contributed by atoms with E-state index in [1.165, 1.54) is 24.3 Å². The second-order valence-electron chi connectivity index (χ2n) is 4.50. The predicted molar refractivity (Wildman–Crippen MR) is 75.0 cm³/mol. The Morgan fingerprint density at radius 3 is 2.24 bits per heavy atom. The Labute approximate surface area is 124 Å². The van der Waals surface area contributed by atoms with Gasteiger partial charge in [-0.25, -0.2) is 4.39 Å². The van der Waals surface area contributed by atoms with Gasteiger partial charge < -0.3 is 5.32 Å². The highest BCUT2D eigenvalue weighted by molar-refractivity contribution is 6.30. The average Bonchev–Trinajstić information content (AvgIpc) is 2.42. The van der Waals surface area contributed by atoms with E-state index < -0.39 is 17.6 Å². The Morgan fingerprint density at radius 2 is 1.67 bits per heavy atom. The largest absolute Gasteiger partial charge is 0.416 e. The van der Waals surface area contributed by atoms with E-state index in [2.05, 4.69) is 5.32 Å². The lowest BCUT2D eigenvalue weighted by Gasteiger charge is -2.09. The van der Waals surface area contributed by atoms with Gasteiger partial charge in [-0.3, -0.25) is 0 Å². The van der Waals surface area contributed by atoms with Crippen LogP contribution in [0, 0.1) is 5.82 Å². The summed E-state index contributed by atoms with van der Waals surface area (Å²) in [7, 11) is 0. The van der Waals surface area contributed by atoms with Gasteiger partial charge in [0.15, 0.2) is 0 Å². The zero-order chi connectivity index (χ0) is 15.5. The first-order valence-electron chi connectivity index (χ1n) is 6.21. The summed E-state index contributed by atoms with van der Waals surface area (Å²) in [5.74, 6) is -0.517. The molecule has 2 rings (SSSR count). The molecular weight excluding hydrogens is 306 g/mol. The van der Waals surface area contributed by atoms with Crippen LogP contribution in [0.3, 0.4) is 0 Å². The van der Waals surface area contributed by atoms with E-state index in [-0.39, 0.29) is 5.02 Å². The molecule has 21 heavy (non-hydrogen) atoms. The maximum absolute atomic E-state index is 13.2. The van der Waals surface area contributed by atoms with Crippen LogP contribution in [0.5, 0.6) is 0 Å². The molecule has 1 nitrogen and oxygen atoms in total. The van der Waals surface area contributed by atoms with Gasteiger partial charge in [-0.2, -0.15) is 13.2 Å². The number of benzene rings is 2. The maximum atomic E-state index is 13.2. The van der Waals surface area contributed by atoms with Crippen LogP contribution < -0.4 is 5.32 Å². The van der Waals surface area contributed by atoms with Crippen molar-refractivity contribution >= 4 is 17.3 Å². The van der Waals surface area contributed by atoms with E-state index in [0.717, 1.165) is 17.7 Å². The summed E-state index contributed by atoms with van der Waals surface area (Å²) in [6.07, 6.45) is -3.79. The van der Waals surface area contributed by atoms with Gasteiger partial charge in [0, 0.05) is 12.2 Å². The minimum absolute atomic E-state index is 0.0447. The molecule has 0 heterocycles. The summed E-state index contributed by atoms with van der Waals surface area (Å²) in [5.41, 5.74) is 0.674. The summed E-state index contributed by atoms with van der Waals surface area (Å²) in [5, 5.41) is 3.03. The fraction of sp³-hybridized carbons (Fsp3) is 0.200. The zero-order valence-electron chi connectivity index (χ0n) is 10.8. The lowest BCUT2D eigenvalue weighted by atomic mass is 10.1. The van der Waals surface area contributed by atoms with Crippen LogP contribution in [0.4, 0.5) is 23.2 Å². The van der Waals surface area contributed by atoms with Crippen LogP contribution in [0.1, 0.15) is 11.1 Å². The summed E-state index contributed by atoms with van der Waals surface area (Å²) < 4.78 is 50.4. The highest BCUT2D eigenvalue weighted by Gasteiger charge is 2.29. The monoisotopic (exact) mass is 317 g/mol. The van der Waals surface area contributed by atoms with Gasteiger partial charge in [-0.15, -0.1) is 0 Å². The summed E-state index contributed by atoms with van der Waals surface area (Å²) >= 11 is 5.57. The number of alkyl halides is 3. The van der Waals surface area contributed by atoms with Gasteiger partial charge in [0.25, 0.3) is 0 Å². The van der Waals surface area contributed by atoms with Crippen molar-refractivity contribution in [2.45, 2.75) is 12.6 Å². The zero-order valence-corrected chi connectivity index (χ0v) is 11.6. The number of anilines is 1. The van der Waals surface area contributed by atoms with Crippen LogP contribution in [0.2, 0.25) is 5.02 Å². The molecule has 0 fully saturated rings. The second kappa shape index (κ2) is 6.35. The van der Waals surface area contributed by atoms with Gasteiger partial charge in [-0.05, 0) is 42.3 Å². The summed E-state index contributed by atoms with van der Waals surface area (Å²) in [4.78, 5) is 0. The van der Waals surface area contributed by atoms with Crippen LogP contribution in [0.15, 0.2) is 42.5 Å². The van der Waals surface area contributed by atoms with Gasteiger partial charge in [0.05, 0.1) is 10.6 Å². The van der Waals surface area contributed by atoms with E-state index >= 15 is 0 Å². The molecule has 2 aromatic carbocycles. The molecule has 112 valence electrons. The highest BCUT2D eigenvalue weighted by atomic mass is 35.5. The predicted octanol–water partition coefficient (Wildman–Crippen LogP) is 5.15. The average molecular weight is 318 g/mol. The highest BCUT2D eigenvalue weighted by Crippen LogP contribution is 2.29. The number of hydrogen-bond acceptors (Lipinski definition) is 1. The Bertz CT molecular complexity index is 608. The maximum Gasteiger partial charge on any atom is 0.416 e. The lowest BCUT2D eigenvalue weighted by Crippen LogP contribution is -2.07. The van der Waals surface area contributed by atoms with Gasteiger partial charge >= 0.3 is 6.18 Å². The fourth-order valence-electron chi connectivity index (χ4n) is 1.82. The van der Waals surface area contributed by atoms with E-state index in [0.29, 0.717) is 18.7 Å². The Balaban J connectivity index is 1.90. The molecule has 0 bridgehead atoms. The first-order chi connectivity index (χ1) is 9.86. The van der Waals surface area contributed by atoms with Gasteiger partial charge in [0.2, 0.25) is 0 Å². The smallest absolute Gasteiger partial charge is 0.385 e. The number of rotatable bonds is 4. The SMILES string of the molecule is Fc1cc(NCCc2ccc(C(F)(F)F)cc2)ccc1Cl. The van der Waals surface area contributed by atoms with Crippen molar-refractivity contribution < 1.29 is 17.6 Å². The van der Waals surface area contributed by atoms with Crippen molar-refractivity contribution in [3.05, 3.63) is 64.4 Å². The third-order valence-corrected chi connectivity index (χ3v) is 3.25. The van der Waals surface area contributed by atoms with Gasteiger partial charge in [0.1, 0.15) is 5.82 Å². The van der Waals surface area contributed by atoms with Crippen molar-refractivity contribution in [1.82, 2.24) is 0 Å². The van der Waals surface area contributed by atoms with Crippen LogP contribution in [0.25, 0.3) is 0 Å². The standard InChI is InChI=1S/C15H12ClF4N/c16-13-6-5-12(9-14(13)17)21-8-7-10-1-3-11(4-2-10)15(18,19)20/h1-6,9,21H,7-8H2. The number of halogens is 5. The van der Waals surface area contributed by atoms with Crippen molar-refractivity contribution in [2.24, 2.45) is 0 Å². The molecule has 0 aliphatic heterocycles. The molecule has 0 saturated carbocycles. The van der Waals surface area contributed by atoms with E-state index in [9.17, 15) is 17.6 Å². The minimum atomic E-state index is -4.32. The van der Waals surface area contributed by atoms with Crippen molar-refractivity contribution in [1.29, 1.82) is 0 Å². The first kappa shape index (κ1) is 15.6. The second-order valence-corrected chi connectivity index (χ2v) is 4.91. The van der Waals surface area contributed by atoms with Crippen molar-refractivity contribution in [3.63, 3.8) is 0 Å². The minimum Gasteiger partial charge on any atom is -0.385 e. The topological polar surface area (TPSA) is 12.0 Å². The van der Waals surface area contributed by atoms with E-state index in [4.69, 9.17) is 11.6 Å². The lowest BCUT2D eigenvalue weighted by molar-refractivity contribution is -0.137. The number of hydrogen-bond donors (Lipinski definition) is 1. The molecule has 0 spiro atoms. The van der Waals surface area contributed by atoms with Gasteiger partial charge in [-0.1, -0.05) is 23.7 Å². The molecule has 0 aromatic heterocycles.